The molecule has 5 heteroatoms. The summed E-state index contributed by atoms with van der Waals surface area (Å²) in [5.74, 6) is -0.595. The summed E-state index contributed by atoms with van der Waals surface area (Å²) in [6, 6.07) is 12.9. The van der Waals surface area contributed by atoms with Gasteiger partial charge in [-0.1, -0.05) is 40.2 Å². The number of amides is 2. The van der Waals surface area contributed by atoms with Crippen LogP contribution in [0, 0.1) is 6.92 Å². The third-order valence-electron chi connectivity index (χ3n) is 3.45. The molecule has 0 spiro atoms. The normalized spacial score (nSPS) is 10.3. The van der Waals surface area contributed by atoms with Crippen LogP contribution in [-0.4, -0.2) is 11.8 Å². The Balaban J connectivity index is 2.02. The molecular weight excluding hydrogens is 344 g/mol. The fourth-order valence-electron chi connectivity index (χ4n) is 2.20. The molecule has 0 fully saturated rings. The van der Waals surface area contributed by atoms with E-state index in [9.17, 15) is 9.59 Å². The highest BCUT2D eigenvalue weighted by atomic mass is 79.9. The number of aryl methyl sites for hydroxylation is 1. The maximum Gasteiger partial charge on any atom is 0.249 e. The van der Waals surface area contributed by atoms with Gasteiger partial charge in [-0.05, 0) is 42.7 Å². The maximum absolute atomic E-state index is 12.1. The van der Waals surface area contributed by atoms with Crippen LogP contribution in [0.1, 0.15) is 27.9 Å². The number of carbonyl (C=O) groups excluding carboxylic acids is 2. The Morgan fingerprint density at radius 1 is 1.14 bits per heavy atom. The van der Waals surface area contributed by atoms with E-state index in [0.717, 1.165) is 10.0 Å². The molecule has 0 unspecified atom stereocenters. The molecular formula is C17H17BrN2O2. The largest absolute Gasteiger partial charge is 0.366 e. The van der Waals surface area contributed by atoms with E-state index < -0.39 is 5.91 Å². The summed E-state index contributed by atoms with van der Waals surface area (Å²) < 4.78 is 0.995. The first-order chi connectivity index (χ1) is 10.5. The highest BCUT2D eigenvalue weighted by Crippen LogP contribution is 2.20. The van der Waals surface area contributed by atoms with Gasteiger partial charge in [0.2, 0.25) is 11.8 Å². The third kappa shape index (κ3) is 3.95. The van der Waals surface area contributed by atoms with Crippen LogP contribution in [0.25, 0.3) is 0 Å². The topological polar surface area (TPSA) is 72.2 Å². The standard InChI is InChI=1S/C17H17BrN2O2/c1-11-13(17(19)22)6-4-8-15(11)20-16(21)10-9-12-5-2-3-7-14(12)18/h2-8H,9-10H2,1H3,(H2,19,22)(H,20,21). The van der Waals surface area contributed by atoms with Crippen LogP contribution in [0.15, 0.2) is 46.9 Å². The number of carbonyl (C=O) groups is 2. The molecule has 0 aliphatic heterocycles. The molecule has 114 valence electrons. The highest BCUT2D eigenvalue weighted by Gasteiger charge is 2.11. The first kappa shape index (κ1) is 16.2. The van der Waals surface area contributed by atoms with Crippen LogP contribution < -0.4 is 11.1 Å². The summed E-state index contributed by atoms with van der Waals surface area (Å²) in [7, 11) is 0. The number of nitrogens with one attached hydrogen (secondary N) is 1. The summed E-state index contributed by atoms with van der Waals surface area (Å²) in [5.41, 5.74) is 8.12. The molecule has 2 aromatic carbocycles. The Hall–Kier alpha value is -2.14. The summed E-state index contributed by atoms with van der Waals surface area (Å²) in [6.45, 7) is 1.77. The predicted octanol–water partition coefficient (Wildman–Crippen LogP) is 3.43. The quantitative estimate of drug-likeness (QED) is 0.857. The lowest BCUT2D eigenvalue weighted by molar-refractivity contribution is -0.116. The summed E-state index contributed by atoms with van der Waals surface area (Å²) in [6.07, 6.45) is 1.00. The van der Waals surface area contributed by atoms with Gasteiger partial charge in [-0.2, -0.15) is 0 Å². The van der Waals surface area contributed by atoms with E-state index in [2.05, 4.69) is 21.2 Å². The van der Waals surface area contributed by atoms with Crippen molar-refractivity contribution in [1.82, 2.24) is 0 Å². The molecule has 0 saturated carbocycles. The van der Waals surface area contributed by atoms with Gasteiger partial charge in [0.25, 0.3) is 0 Å². The molecule has 0 aliphatic rings. The van der Waals surface area contributed by atoms with Crippen molar-refractivity contribution < 1.29 is 9.59 Å². The van der Waals surface area contributed by atoms with Gasteiger partial charge in [0.1, 0.15) is 0 Å². The number of benzene rings is 2. The lowest BCUT2D eigenvalue weighted by Gasteiger charge is -2.11. The van der Waals surface area contributed by atoms with Gasteiger partial charge in [-0.15, -0.1) is 0 Å². The van der Waals surface area contributed by atoms with Crippen molar-refractivity contribution >= 4 is 33.4 Å². The first-order valence-corrected chi connectivity index (χ1v) is 7.71. The molecule has 0 aliphatic carbocycles. The molecule has 0 bridgehead atoms. The zero-order valence-corrected chi connectivity index (χ0v) is 13.8. The second-order valence-electron chi connectivity index (χ2n) is 4.98. The van der Waals surface area contributed by atoms with Crippen LogP contribution in [0.4, 0.5) is 5.69 Å². The Morgan fingerprint density at radius 2 is 1.86 bits per heavy atom. The zero-order chi connectivity index (χ0) is 16.1. The number of halogens is 1. The van der Waals surface area contributed by atoms with Crippen molar-refractivity contribution in [3.63, 3.8) is 0 Å². The van der Waals surface area contributed by atoms with Gasteiger partial charge in [-0.25, -0.2) is 0 Å². The molecule has 0 saturated heterocycles. The minimum Gasteiger partial charge on any atom is -0.366 e. The van der Waals surface area contributed by atoms with Crippen molar-refractivity contribution in [1.29, 1.82) is 0 Å². The number of hydrogen-bond acceptors (Lipinski definition) is 2. The first-order valence-electron chi connectivity index (χ1n) is 6.91. The summed E-state index contributed by atoms with van der Waals surface area (Å²) in [5, 5.41) is 2.83. The van der Waals surface area contributed by atoms with Crippen molar-refractivity contribution in [2.45, 2.75) is 19.8 Å². The van der Waals surface area contributed by atoms with Crippen molar-refractivity contribution in [2.24, 2.45) is 5.73 Å². The molecule has 2 aromatic rings. The Morgan fingerprint density at radius 3 is 2.55 bits per heavy atom. The van der Waals surface area contributed by atoms with Gasteiger partial charge in [0.15, 0.2) is 0 Å². The third-order valence-corrected chi connectivity index (χ3v) is 4.23. The van der Waals surface area contributed by atoms with Gasteiger partial charge >= 0.3 is 0 Å². The molecule has 4 nitrogen and oxygen atoms in total. The van der Waals surface area contributed by atoms with Crippen LogP contribution in [-0.2, 0) is 11.2 Å². The van der Waals surface area contributed by atoms with Crippen molar-refractivity contribution in [3.05, 3.63) is 63.6 Å². The fraction of sp³-hybridized carbons (Fsp3) is 0.176. The second kappa shape index (κ2) is 7.22. The molecule has 0 radical (unpaired) electrons. The number of primary amides is 1. The average Bonchev–Trinajstić information content (AvgIpc) is 2.48. The van der Waals surface area contributed by atoms with E-state index in [1.807, 2.05) is 24.3 Å². The molecule has 0 heterocycles. The predicted molar refractivity (Wildman–Crippen MR) is 90.8 cm³/mol. The number of anilines is 1. The molecule has 0 aromatic heterocycles. The number of nitrogens with two attached hydrogens (primary N) is 1. The number of rotatable bonds is 5. The Bertz CT molecular complexity index is 714. The number of hydrogen-bond donors (Lipinski definition) is 2. The van der Waals surface area contributed by atoms with Crippen LogP contribution in [0.3, 0.4) is 0 Å². The monoisotopic (exact) mass is 360 g/mol. The minimum absolute atomic E-state index is 0.0968. The molecule has 0 atom stereocenters. The van der Waals surface area contributed by atoms with Crippen molar-refractivity contribution in [2.75, 3.05) is 5.32 Å². The van der Waals surface area contributed by atoms with Gasteiger partial charge in [-0.3, -0.25) is 9.59 Å². The highest BCUT2D eigenvalue weighted by molar-refractivity contribution is 9.10. The smallest absolute Gasteiger partial charge is 0.249 e. The summed E-state index contributed by atoms with van der Waals surface area (Å²) >= 11 is 3.47. The zero-order valence-electron chi connectivity index (χ0n) is 12.2. The SMILES string of the molecule is Cc1c(NC(=O)CCc2ccccc2Br)cccc1C(N)=O. The van der Waals surface area contributed by atoms with Gasteiger partial charge in [0, 0.05) is 22.1 Å². The van der Waals surface area contributed by atoms with E-state index in [4.69, 9.17) is 5.73 Å². The van der Waals surface area contributed by atoms with Gasteiger partial charge in [0.05, 0.1) is 0 Å². The molecule has 2 rings (SSSR count). The molecule has 3 N–H and O–H groups in total. The molecule has 22 heavy (non-hydrogen) atoms. The maximum atomic E-state index is 12.1. The van der Waals surface area contributed by atoms with E-state index in [-0.39, 0.29) is 5.91 Å². The van der Waals surface area contributed by atoms with Crippen molar-refractivity contribution in [3.8, 4) is 0 Å². The summed E-state index contributed by atoms with van der Waals surface area (Å²) in [4.78, 5) is 23.4. The van der Waals surface area contributed by atoms with E-state index in [1.165, 1.54) is 0 Å². The van der Waals surface area contributed by atoms with Crippen LogP contribution in [0.2, 0.25) is 0 Å². The molecule has 2 amide bonds. The second-order valence-corrected chi connectivity index (χ2v) is 5.84. The van der Waals surface area contributed by atoms with Crippen LogP contribution >= 0.6 is 15.9 Å². The Labute approximate surface area is 137 Å². The lowest BCUT2D eigenvalue weighted by atomic mass is 10.1. The van der Waals surface area contributed by atoms with Gasteiger partial charge < -0.3 is 11.1 Å². The van der Waals surface area contributed by atoms with E-state index in [0.29, 0.717) is 29.7 Å². The van der Waals surface area contributed by atoms with E-state index >= 15 is 0 Å². The Kier molecular flexibility index (Phi) is 5.33. The van der Waals surface area contributed by atoms with E-state index in [1.54, 1.807) is 25.1 Å². The minimum atomic E-state index is -0.498. The lowest BCUT2D eigenvalue weighted by Crippen LogP contribution is -2.17. The fourth-order valence-corrected chi connectivity index (χ4v) is 2.68. The average molecular weight is 361 g/mol. The van der Waals surface area contributed by atoms with Crippen LogP contribution in [0.5, 0.6) is 0 Å².